The van der Waals surface area contributed by atoms with Crippen LogP contribution < -0.4 is 10.4 Å². The van der Waals surface area contributed by atoms with E-state index in [0.29, 0.717) is 5.56 Å². The van der Waals surface area contributed by atoms with Crippen LogP contribution >= 0.6 is 11.8 Å². The molecule has 1 heterocycles. The number of hydrogen-bond acceptors (Lipinski definition) is 7. The van der Waals surface area contributed by atoms with Gasteiger partial charge in [-0.05, 0) is 39.3 Å². The van der Waals surface area contributed by atoms with E-state index >= 15 is 0 Å². The van der Waals surface area contributed by atoms with E-state index in [-0.39, 0.29) is 11.6 Å². The van der Waals surface area contributed by atoms with Crippen LogP contribution in [0.25, 0.3) is 10.4 Å². The Morgan fingerprint density at radius 2 is 1.52 bits per heavy atom. The predicted octanol–water partition coefficient (Wildman–Crippen LogP) is 4.92. The first-order chi connectivity index (χ1) is 19.2. The number of rotatable bonds is 9. The molecule has 8 nitrogen and oxygen atoms in total. The first kappa shape index (κ1) is 29.9. The molecule has 0 saturated carbocycles. The van der Waals surface area contributed by atoms with E-state index < -0.39 is 44.1 Å². The van der Waals surface area contributed by atoms with Gasteiger partial charge in [-0.25, -0.2) is 4.79 Å². The molecule has 1 aliphatic rings. The Hall–Kier alpha value is -3.11. The van der Waals surface area contributed by atoms with Crippen LogP contribution in [0.2, 0.25) is 5.04 Å². The van der Waals surface area contributed by atoms with Crippen LogP contribution in [0, 0.1) is 0 Å². The van der Waals surface area contributed by atoms with Crippen molar-refractivity contribution in [2.75, 3.05) is 12.9 Å². The van der Waals surface area contributed by atoms with E-state index in [1.165, 1.54) is 11.8 Å². The maximum Gasteiger partial charge on any atom is 0.338 e. The lowest BCUT2D eigenvalue weighted by molar-refractivity contribution is -0.159. The van der Waals surface area contributed by atoms with E-state index in [0.717, 1.165) is 10.4 Å². The fraction of sp³-hybridized carbons (Fsp3) is 0.367. The van der Waals surface area contributed by atoms with Crippen molar-refractivity contribution in [3.8, 4) is 0 Å². The van der Waals surface area contributed by atoms with Gasteiger partial charge >= 0.3 is 5.97 Å². The molecule has 0 amide bonds. The van der Waals surface area contributed by atoms with Crippen LogP contribution in [0.15, 0.2) is 96.1 Å². The summed E-state index contributed by atoms with van der Waals surface area (Å²) in [5.41, 5.74) is 9.02. The number of thioether (sulfide) groups is 1. The van der Waals surface area contributed by atoms with Crippen molar-refractivity contribution in [3.05, 3.63) is 107 Å². The third-order valence-electron chi connectivity index (χ3n) is 7.20. The van der Waals surface area contributed by atoms with Crippen molar-refractivity contribution in [2.45, 2.75) is 55.6 Å². The highest BCUT2D eigenvalue weighted by Crippen LogP contribution is 2.38. The van der Waals surface area contributed by atoms with Crippen LogP contribution in [0.1, 0.15) is 31.1 Å². The Morgan fingerprint density at radius 1 is 1.00 bits per heavy atom. The van der Waals surface area contributed by atoms with E-state index in [4.69, 9.17) is 13.9 Å². The molecule has 0 spiro atoms. The molecule has 2 unspecified atom stereocenters. The van der Waals surface area contributed by atoms with Gasteiger partial charge in [-0.1, -0.05) is 105 Å². The Morgan fingerprint density at radius 3 is 2.00 bits per heavy atom. The minimum Gasteiger partial charge on any atom is -0.455 e. The summed E-state index contributed by atoms with van der Waals surface area (Å²) in [6.07, 6.45) is -1.25. The zero-order chi connectivity index (χ0) is 28.8. The molecule has 210 valence electrons. The highest BCUT2D eigenvalue weighted by atomic mass is 32.2. The number of aliphatic hydroxyl groups excluding tert-OH is 1. The molecule has 4 rings (SSSR count). The second kappa shape index (κ2) is 13.0. The van der Waals surface area contributed by atoms with Gasteiger partial charge in [-0.2, -0.15) is 0 Å². The van der Waals surface area contributed by atoms with Crippen molar-refractivity contribution >= 4 is 36.4 Å². The highest BCUT2D eigenvalue weighted by Gasteiger charge is 2.52. The summed E-state index contributed by atoms with van der Waals surface area (Å²) >= 11 is 1.32. The Kier molecular flexibility index (Phi) is 9.73. The van der Waals surface area contributed by atoms with Gasteiger partial charge in [-0.15, -0.1) is 11.8 Å². The largest absolute Gasteiger partial charge is 0.455 e. The fourth-order valence-corrected chi connectivity index (χ4v) is 10.6. The lowest BCUT2D eigenvalue weighted by Crippen LogP contribution is -2.68. The average Bonchev–Trinajstić information content (AvgIpc) is 2.97. The van der Waals surface area contributed by atoms with Gasteiger partial charge in [0, 0.05) is 4.91 Å². The summed E-state index contributed by atoms with van der Waals surface area (Å²) < 4.78 is 19.0. The van der Waals surface area contributed by atoms with Gasteiger partial charge in [0.05, 0.1) is 18.3 Å². The standard InChI is InChI=1S/C30H35N3O5SSi/c1-30(2,3)40(22-16-10-6-11-17-22,23-18-12-7-13-19-23)36-20-24-26(34)25(32-33-31)27(29(37-24)39-4)38-28(35)21-14-8-5-9-15-21/h5-19,24-27,29,34H,20H2,1-4H3/t24?,25-,26+,27?,29-/m0/s1. The molecule has 0 aromatic heterocycles. The molecule has 0 aliphatic carbocycles. The van der Waals surface area contributed by atoms with Crippen LogP contribution in [-0.2, 0) is 13.9 Å². The Balaban J connectivity index is 1.65. The van der Waals surface area contributed by atoms with Crippen LogP contribution in [0.4, 0.5) is 0 Å². The fourth-order valence-electron chi connectivity index (χ4n) is 5.29. The number of nitrogens with zero attached hydrogens (tertiary/aromatic N) is 3. The zero-order valence-corrected chi connectivity index (χ0v) is 24.9. The van der Waals surface area contributed by atoms with Crippen molar-refractivity contribution in [1.29, 1.82) is 0 Å². The second-order valence-electron chi connectivity index (χ2n) is 10.7. The molecule has 40 heavy (non-hydrogen) atoms. The molecule has 10 heteroatoms. The van der Waals surface area contributed by atoms with E-state index in [1.807, 2.05) is 42.7 Å². The maximum absolute atomic E-state index is 12.9. The number of carbonyl (C=O) groups excluding carboxylic acids is 1. The summed E-state index contributed by atoms with van der Waals surface area (Å²) in [5, 5.41) is 17.2. The lowest BCUT2D eigenvalue weighted by atomic mass is 9.98. The molecule has 0 bridgehead atoms. The second-order valence-corrected chi connectivity index (χ2v) is 15.9. The van der Waals surface area contributed by atoms with Crippen molar-refractivity contribution in [2.24, 2.45) is 5.11 Å². The molecular formula is C30H35N3O5SSi. The van der Waals surface area contributed by atoms with E-state index in [9.17, 15) is 15.4 Å². The number of carbonyl (C=O) groups is 1. The third-order valence-corrected chi connectivity index (χ3v) is 13.0. The predicted molar refractivity (Wildman–Crippen MR) is 160 cm³/mol. The SMILES string of the molecule is CS[C@@H]1OC(CO[Si](c2ccccc2)(c2ccccc2)C(C)(C)C)[C@@H](O)[C@H](N=[N+]=[N-])C1OC(=O)c1ccccc1. The molecule has 1 saturated heterocycles. The first-order valence-electron chi connectivity index (χ1n) is 13.1. The number of azide groups is 1. The minimum absolute atomic E-state index is 0.0578. The average molecular weight is 578 g/mol. The molecule has 3 aromatic rings. The number of esters is 1. The molecule has 1 N–H and O–H groups in total. The number of ether oxygens (including phenoxy) is 2. The van der Waals surface area contributed by atoms with Gasteiger partial charge in [0.1, 0.15) is 23.7 Å². The molecular weight excluding hydrogens is 542 g/mol. The molecule has 5 atom stereocenters. The summed E-state index contributed by atoms with van der Waals surface area (Å²) in [6.45, 7) is 6.57. The summed E-state index contributed by atoms with van der Waals surface area (Å²) in [4.78, 5) is 15.8. The third kappa shape index (κ3) is 6.12. The molecule has 1 aliphatic heterocycles. The van der Waals surface area contributed by atoms with Gasteiger partial charge in [0.25, 0.3) is 8.32 Å². The molecule has 1 fully saturated rings. The Labute approximate surface area is 240 Å². The highest BCUT2D eigenvalue weighted by molar-refractivity contribution is 7.99. The summed E-state index contributed by atoms with van der Waals surface area (Å²) in [7, 11) is -2.91. The number of hydrogen-bond donors (Lipinski definition) is 1. The van der Waals surface area contributed by atoms with Gasteiger partial charge in [0.15, 0.2) is 0 Å². The van der Waals surface area contributed by atoms with Crippen molar-refractivity contribution < 1.29 is 23.8 Å². The molecule has 0 radical (unpaired) electrons. The van der Waals surface area contributed by atoms with Crippen LogP contribution in [0.5, 0.6) is 0 Å². The van der Waals surface area contributed by atoms with E-state index in [2.05, 4.69) is 55.1 Å². The number of benzene rings is 3. The normalized spacial score (nSPS) is 23.2. The number of aliphatic hydroxyl groups is 1. The maximum atomic E-state index is 12.9. The van der Waals surface area contributed by atoms with Crippen molar-refractivity contribution in [3.63, 3.8) is 0 Å². The lowest BCUT2D eigenvalue weighted by Gasteiger charge is -2.46. The zero-order valence-electron chi connectivity index (χ0n) is 23.1. The summed E-state index contributed by atoms with van der Waals surface area (Å²) in [5.74, 6) is -0.583. The smallest absolute Gasteiger partial charge is 0.338 e. The van der Waals surface area contributed by atoms with Crippen LogP contribution in [0.3, 0.4) is 0 Å². The summed E-state index contributed by atoms with van der Waals surface area (Å²) in [6, 6.07) is 27.9. The van der Waals surface area contributed by atoms with Gasteiger partial charge in [0.2, 0.25) is 0 Å². The first-order valence-corrected chi connectivity index (χ1v) is 16.3. The van der Waals surface area contributed by atoms with Crippen molar-refractivity contribution in [1.82, 2.24) is 0 Å². The topological polar surface area (TPSA) is 114 Å². The van der Waals surface area contributed by atoms with Crippen LogP contribution in [-0.4, -0.2) is 62.0 Å². The minimum atomic E-state index is -2.91. The molecule has 3 aromatic carbocycles. The monoisotopic (exact) mass is 577 g/mol. The Bertz CT molecular complexity index is 1260. The van der Waals surface area contributed by atoms with E-state index in [1.54, 1.807) is 30.3 Å². The van der Waals surface area contributed by atoms with Gasteiger partial charge in [-0.3, -0.25) is 0 Å². The quantitative estimate of drug-likeness (QED) is 0.127. The van der Waals surface area contributed by atoms with Gasteiger partial charge < -0.3 is 19.0 Å².